The largest absolute Gasteiger partial charge is 0.486 e. The number of aryl methyl sites for hydroxylation is 1. The highest BCUT2D eigenvalue weighted by Crippen LogP contribution is 2.37. The quantitative estimate of drug-likeness (QED) is 0.532. The zero-order valence-electron chi connectivity index (χ0n) is 17.3. The number of halogens is 3. The summed E-state index contributed by atoms with van der Waals surface area (Å²) in [6, 6.07) is 11.4. The van der Waals surface area contributed by atoms with E-state index in [2.05, 4.69) is 10.3 Å². The van der Waals surface area contributed by atoms with Crippen LogP contribution in [0, 0.1) is 6.92 Å². The van der Waals surface area contributed by atoms with Crippen molar-refractivity contribution >= 4 is 28.6 Å². The fraction of sp³-hybridized carbons (Fsp3) is 0.273. The van der Waals surface area contributed by atoms with E-state index in [0.717, 1.165) is 11.6 Å². The molecule has 3 aromatic rings. The highest BCUT2D eigenvalue weighted by molar-refractivity contribution is 7.09. The molecule has 1 aromatic heterocycles. The number of anilines is 2. The highest BCUT2D eigenvalue weighted by Gasteiger charge is 2.34. The molecular formula is C22H22F3N3O2S. The molecule has 0 atom stereocenters. The zero-order chi connectivity index (χ0) is 22.6. The van der Waals surface area contributed by atoms with Crippen molar-refractivity contribution in [2.45, 2.75) is 26.1 Å². The third kappa shape index (κ3) is 6.21. The number of rotatable bonds is 7. The predicted octanol–water partition coefficient (Wildman–Crippen LogP) is 5.30. The summed E-state index contributed by atoms with van der Waals surface area (Å²) in [5, 5.41) is 4.74. The maximum atomic E-state index is 13.4. The molecule has 164 valence electrons. The van der Waals surface area contributed by atoms with Crippen molar-refractivity contribution in [2.24, 2.45) is 0 Å². The van der Waals surface area contributed by atoms with Crippen molar-refractivity contribution in [3.63, 3.8) is 0 Å². The number of hydrogen-bond acceptors (Lipinski definition) is 5. The van der Waals surface area contributed by atoms with Crippen molar-refractivity contribution < 1.29 is 22.7 Å². The first kappa shape index (κ1) is 22.6. The van der Waals surface area contributed by atoms with E-state index in [-0.39, 0.29) is 18.7 Å². The van der Waals surface area contributed by atoms with E-state index in [1.807, 2.05) is 31.2 Å². The molecule has 0 spiro atoms. The molecule has 0 aliphatic carbocycles. The minimum atomic E-state index is -4.59. The number of alkyl halides is 3. The average Bonchev–Trinajstić information content (AvgIpc) is 3.14. The van der Waals surface area contributed by atoms with Gasteiger partial charge in [-0.05, 0) is 37.3 Å². The molecule has 1 heterocycles. The van der Waals surface area contributed by atoms with Gasteiger partial charge < -0.3 is 15.0 Å². The molecule has 3 rings (SSSR count). The Balaban J connectivity index is 1.63. The first-order chi connectivity index (χ1) is 14.6. The van der Waals surface area contributed by atoms with Gasteiger partial charge in [0.2, 0.25) is 5.91 Å². The van der Waals surface area contributed by atoms with Gasteiger partial charge in [0.25, 0.3) is 0 Å². The summed E-state index contributed by atoms with van der Waals surface area (Å²) in [6.45, 7) is 2.23. The molecule has 9 heteroatoms. The van der Waals surface area contributed by atoms with Crippen LogP contribution in [0.3, 0.4) is 0 Å². The van der Waals surface area contributed by atoms with Gasteiger partial charge in [-0.3, -0.25) is 4.79 Å². The van der Waals surface area contributed by atoms with Crippen LogP contribution in [0.4, 0.5) is 24.5 Å². The Kier molecular flexibility index (Phi) is 6.84. The van der Waals surface area contributed by atoms with Gasteiger partial charge in [-0.2, -0.15) is 13.2 Å². The molecule has 0 bridgehead atoms. The van der Waals surface area contributed by atoms with Gasteiger partial charge in [0.15, 0.2) is 0 Å². The number of aromatic nitrogens is 1. The third-order valence-corrected chi connectivity index (χ3v) is 5.29. The molecule has 0 saturated carbocycles. The monoisotopic (exact) mass is 449 g/mol. The lowest BCUT2D eigenvalue weighted by atomic mass is 10.1. The second-order valence-electron chi connectivity index (χ2n) is 7.18. The van der Waals surface area contributed by atoms with Crippen LogP contribution in [-0.4, -0.2) is 25.0 Å². The lowest BCUT2D eigenvalue weighted by Crippen LogP contribution is -2.19. The Morgan fingerprint density at radius 1 is 1.16 bits per heavy atom. The number of benzene rings is 2. The van der Waals surface area contributed by atoms with E-state index in [0.29, 0.717) is 22.1 Å². The molecular weight excluding hydrogens is 427 g/mol. The maximum absolute atomic E-state index is 13.4. The van der Waals surface area contributed by atoms with Crippen LogP contribution in [0.25, 0.3) is 0 Å². The van der Waals surface area contributed by atoms with Crippen LogP contribution < -0.4 is 15.0 Å². The smallest absolute Gasteiger partial charge is 0.418 e. The van der Waals surface area contributed by atoms with Crippen molar-refractivity contribution in [2.75, 3.05) is 24.3 Å². The Morgan fingerprint density at radius 2 is 1.87 bits per heavy atom. The molecule has 5 nitrogen and oxygen atoms in total. The molecule has 0 fully saturated rings. The number of thiazole rings is 1. The molecule has 0 aliphatic heterocycles. The first-order valence-corrected chi connectivity index (χ1v) is 10.3. The third-order valence-electron chi connectivity index (χ3n) is 4.42. The topological polar surface area (TPSA) is 54.5 Å². The number of hydrogen-bond donors (Lipinski definition) is 1. The number of carbonyl (C=O) groups is 1. The summed E-state index contributed by atoms with van der Waals surface area (Å²) in [4.78, 5) is 18.2. The van der Waals surface area contributed by atoms with Crippen LogP contribution in [0.15, 0.2) is 47.8 Å². The van der Waals surface area contributed by atoms with Crippen LogP contribution >= 0.6 is 11.3 Å². The molecule has 0 aliphatic rings. The Morgan fingerprint density at radius 3 is 2.52 bits per heavy atom. The van der Waals surface area contributed by atoms with Gasteiger partial charge in [-0.1, -0.05) is 17.7 Å². The number of nitrogens with one attached hydrogen (secondary N) is 1. The number of amides is 1. The molecule has 1 N–H and O–H groups in total. The van der Waals surface area contributed by atoms with E-state index in [1.165, 1.54) is 23.5 Å². The van der Waals surface area contributed by atoms with E-state index < -0.39 is 17.6 Å². The Labute approximate surface area is 182 Å². The van der Waals surface area contributed by atoms with Crippen LogP contribution in [0.5, 0.6) is 5.75 Å². The fourth-order valence-corrected chi connectivity index (χ4v) is 3.49. The second kappa shape index (κ2) is 9.38. The first-order valence-electron chi connectivity index (χ1n) is 9.43. The van der Waals surface area contributed by atoms with E-state index in [1.54, 1.807) is 24.4 Å². The zero-order valence-corrected chi connectivity index (χ0v) is 18.1. The van der Waals surface area contributed by atoms with Gasteiger partial charge in [0.05, 0.1) is 23.4 Å². The second-order valence-corrected chi connectivity index (χ2v) is 8.12. The number of carbonyl (C=O) groups excluding carboxylic acids is 1. The minimum absolute atomic E-state index is 0.131. The normalized spacial score (nSPS) is 11.3. The molecule has 2 aromatic carbocycles. The molecule has 0 radical (unpaired) electrons. The van der Waals surface area contributed by atoms with Crippen LogP contribution in [-0.2, 0) is 24.0 Å². The lowest BCUT2D eigenvalue weighted by molar-refractivity contribution is -0.136. The van der Waals surface area contributed by atoms with Gasteiger partial charge >= 0.3 is 6.18 Å². The van der Waals surface area contributed by atoms with Gasteiger partial charge in [-0.15, -0.1) is 11.3 Å². The molecule has 31 heavy (non-hydrogen) atoms. The van der Waals surface area contributed by atoms with E-state index >= 15 is 0 Å². The predicted molar refractivity (Wildman–Crippen MR) is 116 cm³/mol. The van der Waals surface area contributed by atoms with Gasteiger partial charge in [0.1, 0.15) is 17.4 Å². The summed E-state index contributed by atoms with van der Waals surface area (Å²) in [6.07, 6.45) is -4.72. The average molecular weight is 449 g/mol. The SMILES string of the molecule is Cc1ccc(OCc2nc(CC(=O)Nc3ccc(N(C)C)cc3C(F)(F)F)cs2)cc1. The lowest BCUT2D eigenvalue weighted by Gasteiger charge is -2.18. The summed E-state index contributed by atoms with van der Waals surface area (Å²) in [5.74, 6) is 0.139. The van der Waals surface area contributed by atoms with E-state index in [4.69, 9.17) is 4.74 Å². The van der Waals surface area contributed by atoms with Crippen molar-refractivity contribution in [1.29, 1.82) is 0 Å². The van der Waals surface area contributed by atoms with Crippen molar-refractivity contribution in [1.82, 2.24) is 4.98 Å². The molecule has 0 unspecified atom stereocenters. The van der Waals surface area contributed by atoms with Crippen molar-refractivity contribution in [3.05, 3.63) is 69.7 Å². The maximum Gasteiger partial charge on any atom is 0.418 e. The van der Waals surface area contributed by atoms with Crippen LogP contribution in [0.1, 0.15) is 21.8 Å². The van der Waals surface area contributed by atoms with Crippen LogP contribution in [0.2, 0.25) is 0 Å². The van der Waals surface area contributed by atoms with E-state index in [9.17, 15) is 18.0 Å². The number of nitrogens with zero attached hydrogens (tertiary/aromatic N) is 2. The molecule has 1 amide bonds. The fourth-order valence-electron chi connectivity index (χ4n) is 2.79. The summed E-state index contributed by atoms with van der Waals surface area (Å²) in [5.41, 5.74) is 0.824. The van der Waals surface area contributed by atoms with Crippen molar-refractivity contribution in [3.8, 4) is 5.75 Å². The minimum Gasteiger partial charge on any atom is -0.486 e. The van der Waals surface area contributed by atoms with Gasteiger partial charge in [-0.25, -0.2) is 4.98 Å². The standard InChI is InChI=1S/C22H22F3N3O2S/c1-14-4-7-17(8-5-14)30-12-21-26-15(13-31-21)10-20(29)27-19-9-6-16(28(2)3)11-18(19)22(23,24)25/h4-9,11,13H,10,12H2,1-3H3,(H,27,29). The number of ether oxygens (including phenoxy) is 1. The summed E-state index contributed by atoms with van der Waals surface area (Å²) < 4.78 is 45.9. The highest BCUT2D eigenvalue weighted by atomic mass is 32.1. The molecule has 0 saturated heterocycles. The summed E-state index contributed by atoms with van der Waals surface area (Å²) in [7, 11) is 3.30. The summed E-state index contributed by atoms with van der Waals surface area (Å²) >= 11 is 1.33. The van der Waals surface area contributed by atoms with Gasteiger partial charge in [0, 0.05) is 25.2 Å². The Hall–Kier alpha value is -3.07. The Bertz CT molecular complexity index is 1050.